The molecule has 1 atom stereocenters. The van der Waals surface area contributed by atoms with E-state index in [0.29, 0.717) is 5.75 Å². The molecule has 2 aromatic rings. The van der Waals surface area contributed by atoms with Crippen molar-refractivity contribution < 1.29 is 19.0 Å². The molecule has 1 heterocycles. The minimum atomic E-state index is -0.881. The molecule has 0 aliphatic heterocycles. The Labute approximate surface area is 109 Å². The van der Waals surface area contributed by atoms with Gasteiger partial charge in [0.15, 0.2) is 0 Å². The number of carboxylic acids is 1. The summed E-state index contributed by atoms with van der Waals surface area (Å²) >= 11 is 0. The number of aromatic nitrogens is 1. The third-order valence-electron chi connectivity index (χ3n) is 2.78. The molecular formula is C14H14FNO3. The molecule has 0 radical (unpaired) electrons. The summed E-state index contributed by atoms with van der Waals surface area (Å²) in [6.07, 6.45) is 3.47. The highest BCUT2D eigenvalue weighted by molar-refractivity contribution is 5.68. The Morgan fingerprint density at radius 2 is 2.05 bits per heavy atom. The maximum atomic E-state index is 12.7. The molecule has 0 aliphatic rings. The molecule has 0 amide bonds. The van der Waals surface area contributed by atoms with Gasteiger partial charge in [-0.1, -0.05) is 0 Å². The number of H-pyrrole nitrogens is 1. The van der Waals surface area contributed by atoms with Crippen LogP contribution in [0.15, 0.2) is 42.7 Å². The highest BCUT2D eigenvalue weighted by atomic mass is 19.1. The van der Waals surface area contributed by atoms with E-state index in [9.17, 15) is 9.18 Å². The summed E-state index contributed by atoms with van der Waals surface area (Å²) < 4.78 is 18.2. The number of aromatic amines is 1. The van der Waals surface area contributed by atoms with E-state index in [0.717, 1.165) is 5.56 Å². The Morgan fingerprint density at radius 1 is 1.32 bits per heavy atom. The molecule has 1 aromatic carbocycles. The molecule has 0 saturated heterocycles. The van der Waals surface area contributed by atoms with Crippen LogP contribution in [-0.2, 0) is 4.79 Å². The summed E-state index contributed by atoms with van der Waals surface area (Å²) in [6, 6.07) is 7.46. The van der Waals surface area contributed by atoms with Crippen LogP contribution < -0.4 is 4.74 Å². The Balaban J connectivity index is 2.00. The summed E-state index contributed by atoms with van der Waals surface area (Å²) in [5.41, 5.74) is 0.879. The van der Waals surface area contributed by atoms with Crippen LogP contribution >= 0.6 is 0 Å². The van der Waals surface area contributed by atoms with Crippen molar-refractivity contribution >= 4 is 5.97 Å². The lowest BCUT2D eigenvalue weighted by Gasteiger charge is -2.14. The fraction of sp³-hybridized carbons (Fsp3) is 0.214. The van der Waals surface area contributed by atoms with Crippen LogP contribution in [0.1, 0.15) is 17.9 Å². The van der Waals surface area contributed by atoms with Crippen molar-refractivity contribution in [2.45, 2.75) is 12.3 Å². The third kappa shape index (κ3) is 3.84. The van der Waals surface area contributed by atoms with Crippen LogP contribution in [0.3, 0.4) is 0 Å². The lowest BCUT2D eigenvalue weighted by atomic mass is 9.99. The predicted molar refractivity (Wildman–Crippen MR) is 67.7 cm³/mol. The molecule has 0 spiro atoms. The third-order valence-corrected chi connectivity index (χ3v) is 2.78. The van der Waals surface area contributed by atoms with Crippen LogP contribution in [0.2, 0.25) is 0 Å². The van der Waals surface area contributed by atoms with E-state index in [1.54, 1.807) is 12.4 Å². The van der Waals surface area contributed by atoms with Gasteiger partial charge in [0.2, 0.25) is 0 Å². The monoisotopic (exact) mass is 263 g/mol. The van der Waals surface area contributed by atoms with Gasteiger partial charge in [0, 0.05) is 18.3 Å². The average molecular weight is 263 g/mol. The summed E-state index contributed by atoms with van der Waals surface area (Å²) in [5.74, 6) is -0.935. The van der Waals surface area contributed by atoms with Gasteiger partial charge in [-0.2, -0.15) is 0 Å². The van der Waals surface area contributed by atoms with Gasteiger partial charge >= 0.3 is 5.97 Å². The zero-order valence-electron chi connectivity index (χ0n) is 10.2. The number of hydrogen-bond acceptors (Lipinski definition) is 2. The fourth-order valence-corrected chi connectivity index (χ4v) is 1.80. The summed E-state index contributed by atoms with van der Waals surface area (Å²) in [7, 11) is 0. The van der Waals surface area contributed by atoms with Gasteiger partial charge in [-0.3, -0.25) is 4.79 Å². The van der Waals surface area contributed by atoms with Gasteiger partial charge in [0.25, 0.3) is 0 Å². The minimum absolute atomic E-state index is 0.0148. The first-order valence-corrected chi connectivity index (χ1v) is 5.88. The fourth-order valence-electron chi connectivity index (χ4n) is 1.80. The molecule has 0 saturated carbocycles. The Kier molecular flexibility index (Phi) is 4.18. The Hall–Kier alpha value is -2.30. The molecule has 100 valence electrons. The molecule has 0 fully saturated rings. The van der Waals surface area contributed by atoms with Crippen molar-refractivity contribution in [1.82, 2.24) is 4.98 Å². The number of benzene rings is 1. The molecule has 1 unspecified atom stereocenters. The molecular weight excluding hydrogens is 249 g/mol. The average Bonchev–Trinajstić information content (AvgIpc) is 2.90. The summed E-state index contributed by atoms with van der Waals surface area (Å²) in [6.45, 7) is 0.232. The SMILES string of the molecule is O=C(O)CC(COc1ccc(F)cc1)c1cc[nH]c1. The van der Waals surface area contributed by atoms with E-state index < -0.39 is 5.97 Å². The molecule has 0 aliphatic carbocycles. The Bertz CT molecular complexity index is 522. The van der Waals surface area contributed by atoms with Crippen LogP contribution in [0, 0.1) is 5.82 Å². The quantitative estimate of drug-likeness (QED) is 0.842. The summed E-state index contributed by atoms with van der Waals surface area (Å²) in [4.78, 5) is 13.7. The second-order valence-corrected chi connectivity index (χ2v) is 4.20. The number of halogens is 1. The van der Waals surface area contributed by atoms with E-state index in [4.69, 9.17) is 9.84 Å². The van der Waals surface area contributed by atoms with Crippen molar-refractivity contribution in [3.63, 3.8) is 0 Å². The number of carboxylic acid groups (broad SMARTS) is 1. The molecule has 2 N–H and O–H groups in total. The summed E-state index contributed by atoms with van der Waals surface area (Å²) in [5, 5.41) is 8.90. The minimum Gasteiger partial charge on any atom is -0.493 e. The van der Waals surface area contributed by atoms with E-state index in [1.807, 2.05) is 6.07 Å². The Morgan fingerprint density at radius 3 is 2.63 bits per heavy atom. The lowest BCUT2D eigenvalue weighted by Crippen LogP contribution is -2.14. The number of aliphatic carboxylic acids is 1. The van der Waals surface area contributed by atoms with Crippen LogP contribution in [0.25, 0.3) is 0 Å². The normalized spacial score (nSPS) is 12.1. The highest BCUT2D eigenvalue weighted by Crippen LogP contribution is 2.21. The second kappa shape index (κ2) is 6.04. The predicted octanol–water partition coefficient (Wildman–Crippen LogP) is 2.79. The first kappa shape index (κ1) is 13.1. The lowest BCUT2D eigenvalue weighted by molar-refractivity contribution is -0.137. The molecule has 5 heteroatoms. The van der Waals surface area contributed by atoms with Gasteiger partial charge in [0.05, 0.1) is 13.0 Å². The van der Waals surface area contributed by atoms with Crippen molar-refractivity contribution in [3.05, 3.63) is 54.1 Å². The van der Waals surface area contributed by atoms with E-state index in [2.05, 4.69) is 4.98 Å². The molecule has 4 nitrogen and oxygen atoms in total. The first-order valence-electron chi connectivity index (χ1n) is 5.88. The van der Waals surface area contributed by atoms with Crippen LogP contribution in [-0.4, -0.2) is 22.7 Å². The zero-order chi connectivity index (χ0) is 13.7. The van der Waals surface area contributed by atoms with Crippen molar-refractivity contribution in [2.75, 3.05) is 6.61 Å². The van der Waals surface area contributed by atoms with Crippen LogP contribution in [0.4, 0.5) is 4.39 Å². The molecule has 19 heavy (non-hydrogen) atoms. The topological polar surface area (TPSA) is 62.3 Å². The number of nitrogens with one attached hydrogen (secondary N) is 1. The van der Waals surface area contributed by atoms with Crippen LogP contribution in [0.5, 0.6) is 5.75 Å². The molecule has 1 aromatic heterocycles. The maximum Gasteiger partial charge on any atom is 0.304 e. The van der Waals surface area contributed by atoms with E-state index in [-0.39, 0.29) is 24.8 Å². The standard InChI is InChI=1S/C14H14FNO3/c15-12-1-3-13(4-2-12)19-9-11(7-14(17)18)10-5-6-16-8-10/h1-6,8,11,16H,7,9H2,(H,17,18). The van der Waals surface area contributed by atoms with Gasteiger partial charge in [-0.15, -0.1) is 0 Å². The largest absolute Gasteiger partial charge is 0.493 e. The van der Waals surface area contributed by atoms with Crippen molar-refractivity contribution in [3.8, 4) is 5.75 Å². The van der Waals surface area contributed by atoms with Gasteiger partial charge in [-0.25, -0.2) is 4.39 Å². The highest BCUT2D eigenvalue weighted by Gasteiger charge is 2.17. The van der Waals surface area contributed by atoms with E-state index >= 15 is 0 Å². The van der Waals surface area contributed by atoms with E-state index in [1.165, 1.54) is 24.3 Å². The number of ether oxygens (including phenoxy) is 1. The molecule has 2 rings (SSSR count). The number of hydrogen-bond donors (Lipinski definition) is 2. The molecule has 0 bridgehead atoms. The smallest absolute Gasteiger partial charge is 0.304 e. The maximum absolute atomic E-state index is 12.7. The second-order valence-electron chi connectivity index (χ2n) is 4.20. The van der Waals surface area contributed by atoms with Crippen molar-refractivity contribution in [2.24, 2.45) is 0 Å². The zero-order valence-corrected chi connectivity index (χ0v) is 10.2. The number of carbonyl (C=O) groups is 1. The van der Waals surface area contributed by atoms with Gasteiger partial charge in [-0.05, 0) is 35.9 Å². The van der Waals surface area contributed by atoms with Crippen molar-refractivity contribution in [1.29, 1.82) is 0 Å². The van der Waals surface area contributed by atoms with Gasteiger partial charge < -0.3 is 14.8 Å². The first-order chi connectivity index (χ1) is 9.15. The van der Waals surface area contributed by atoms with Gasteiger partial charge in [0.1, 0.15) is 11.6 Å². The number of rotatable bonds is 6.